The molecule has 0 fully saturated rings. The minimum atomic E-state index is -1.11. The van der Waals surface area contributed by atoms with Crippen LogP contribution in [0.5, 0.6) is 0 Å². The van der Waals surface area contributed by atoms with Gasteiger partial charge in [0.25, 0.3) is 0 Å². The molecule has 80 valence electrons. The number of rotatable bonds is 3. The largest absolute Gasteiger partial charge is 0.478 e. The number of ether oxygens (including phenoxy) is 1. The van der Waals surface area contributed by atoms with Gasteiger partial charge in [0.15, 0.2) is 0 Å². The zero-order valence-electron chi connectivity index (χ0n) is 7.99. The second kappa shape index (κ2) is 4.79. The first kappa shape index (κ1) is 11.5. The fraction of sp³-hybridized carbons (Fsp3) is 0.200. The summed E-state index contributed by atoms with van der Waals surface area (Å²) in [6, 6.07) is 4.34. The van der Waals surface area contributed by atoms with E-state index in [-0.39, 0.29) is 12.0 Å². The van der Waals surface area contributed by atoms with Crippen molar-refractivity contribution >= 4 is 23.5 Å². The number of carbonyl (C=O) groups is 2. The number of methoxy groups -OCH3 is 1. The summed E-state index contributed by atoms with van der Waals surface area (Å²) in [6.07, 6.45) is -0.0741. The molecule has 0 saturated carbocycles. The highest BCUT2D eigenvalue weighted by Gasteiger charge is 2.13. The van der Waals surface area contributed by atoms with Crippen LogP contribution in [0.4, 0.5) is 0 Å². The molecular weight excluding hydrogens is 220 g/mol. The fourth-order valence-electron chi connectivity index (χ4n) is 1.13. The summed E-state index contributed by atoms with van der Waals surface area (Å²) in [5.41, 5.74) is 0.409. The van der Waals surface area contributed by atoms with E-state index in [4.69, 9.17) is 16.7 Å². The first-order valence-electron chi connectivity index (χ1n) is 4.13. The van der Waals surface area contributed by atoms with Crippen molar-refractivity contribution in [3.8, 4) is 0 Å². The van der Waals surface area contributed by atoms with Gasteiger partial charge in [0.1, 0.15) is 0 Å². The number of aromatic carboxylic acids is 1. The molecule has 0 radical (unpaired) electrons. The molecule has 0 amide bonds. The molecule has 1 aromatic carbocycles. The summed E-state index contributed by atoms with van der Waals surface area (Å²) >= 11 is 5.65. The van der Waals surface area contributed by atoms with Gasteiger partial charge >= 0.3 is 11.9 Å². The average Bonchev–Trinajstić information content (AvgIpc) is 2.20. The van der Waals surface area contributed by atoms with Crippen molar-refractivity contribution in [3.63, 3.8) is 0 Å². The van der Waals surface area contributed by atoms with E-state index in [0.29, 0.717) is 10.6 Å². The van der Waals surface area contributed by atoms with E-state index in [2.05, 4.69) is 4.74 Å². The van der Waals surface area contributed by atoms with Crippen molar-refractivity contribution in [1.82, 2.24) is 0 Å². The van der Waals surface area contributed by atoms with Gasteiger partial charge in [-0.05, 0) is 17.7 Å². The van der Waals surface area contributed by atoms with Gasteiger partial charge in [-0.2, -0.15) is 0 Å². The zero-order chi connectivity index (χ0) is 11.4. The van der Waals surface area contributed by atoms with Gasteiger partial charge in [-0.25, -0.2) is 4.79 Å². The van der Waals surface area contributed by atoms with Crippen molar-refractivity contribution in [2.45, 2.75) is 6.42 Å². The lowest BCUT2D eigenvalue weighted by Crippen LogP contribution is -2.09. The Hall–Kier alpha value is -1.55. The van der Waals surface area contributed by atoms with Gasteiger partial charge in [-0.1, -0.05) is 17.7 Å². The third-order valence-electron chi connectivity index (χ3n) is 1.86. The van der Waals surface area contributed by atoms with Crippen LogP contribution in [-0.4, -0.2) is 24.2 Å². The fourth-order valence-corrected chi connectivity index (χ4v) is 1.30. The molecule has 0 aliphatic carbocycles. The van der Waals surface area contributed by atoms with Crippen LogP contribution in [0.25, 0.3) is 0 Å². The highest BCUT2D eigenvalue weighted by molar-refractivity contribution is 6.31. The van der Waals surface area contributed by atoms with E-state index in [1.54, 1.807) is 0 Å². The Morgan fingerprint density at radius 1 is 1.47 bits per heavy atom. The van der Waals surface area contributed by atoms with Gasteiger partial charge in [0, 0.05) is 5.02 Å². The Bertz CT molecular complexity index is 400. The van der Waals surface area contributed by atoms with Gasteiger partial charge in [-0.3, -0.25) is 4.79 Å². The second-order valence-electron chi connectivity index (χ2n) is 2.86. The topological polar surface area (TPSA) is 63.6 Å². The number of esters is 1. The third-order valence-corrected chi connectivity index (χ3v) is 2.10. The standard InChI is InChI=1S/C10H9ClO4/c1-15-9(12)4-6-2-3-7(11)5-8(6)10(13)14/h2-3,5H,4H2,1H3,(H,13,14). The van der Waals surface area contributed by atoms with Crippen molar-refractivity contribution < 1.29 is 19.4 Å². The van der Waals surface area contributed by atoms with Gasteiger partial charge in [0.2, 0.25) is 0 Å². The molecule has 5 heteroatoms. The smallest absolute Gasteiger partial charge is 0.336 e. The van der Waals surface area contributed by atoms with Crippen LogP contribution in [0.15, 0.2) is 18.2 Å². The quantitative estimate of drug-likeness (QED) is 0.801. The lowest BCUT2D eigenvalue weighted by atomic mass is 10.0. The molecular formula is C10H9ClO4. The van der Waals surface area contributed by atoms with E-state index < -0.39 is 11.9 Å². The van der Waals surface area contributed by atoms with Crippen LogP contribution < -0.4 is 0 Å². The van der Waals surface area contributed by atoms with E-state index in [0.717, 1.165) is 0 Å². The highest BCUT2D eigenvalue weighted by Crippen LogP contribution is 2.17. The Labute approximate surface area is 91.4 Å². The Balaban J connectivity index is 3.06. The molecule has 0 aliphatic rings. The predicted octanol–water partition coefficient (Wildman–Crippen LogP) is 1.75. The van der Waals surface area contributed by atoms with Crippen LogP contribution in [0.3, 0.4) is 0 Å². The highest BCUT2D eigenvalue weighted by atomic mass is 35.5. The molecule has 0 atom stereocenters. The molecule has 15 heavy (non-hydrogen) atoms. The molecule has 1 aromatic rings. The minimum absolute atomic E-state index is 0.0212. The number of benzene rings is 1. The summed E-state index contributed by atoms with van der Waals surface area (Å²) in [5.74, 6) is -1.60. The summed E-state index contributed by atoms with van der Waals surface area (Å²) in [5, 5.41) is 9.19. The van der Waals surface area contributed by atoms with Crippen LogP contribution in [0.2, 0.25) is 5.02 Å². The van der Waals surface area contributed by atoms with Gasteiger partial charge < -0.3 is 9.84 Å². The first-order chi connectivity index (χ1) is 7.04. The summed E-state index contributed by atoms with van der Waals surface area (Å²) < 4.78 is 4.45. The number of halogens is 1. The SMILES string of the molecule is COC(=O)Cc1ccc(Cl)cc1C(=O)O. The summed E-state index contributed by atoms with van der Waals surface area (Å²) in [6.45, 7) is 0. The maximum Gasteiger partial charge on any atom is 0.336 e. The van der Waals surface area contributed by atoms with Crippen molar-refractivity contribution in [3.05, 3.63) is 34.3 Å². The van der Waals surface area contributed by atoms with E-state index >= 15 is 0 Å². The molecule has 0 spiro atoms. The van der Waals surface area contributed by atoms with E-state index in [1.165, 1.54) is 25.3 Å². The molecule has 0 bridgehead atoms. The molecule has 4 nitrogen and oxygen atoms in total. The number of carboxylic acid groups (broad SMARTS) is 1. The van der Waals surface area contributed by atoms with Crippen LogP contribution in [-0.2, 0) is 16.0 Å². The Morgan fingerprint density at radius 3 is 2.67 bits per heavy atom. The molecule has 0 heterocycles. The molecule has 0 saturated heterocycles. The second-order valence-corrected chi connectivity index (χ2v) is 3.30. The number of carbonyl (C=O) groups excluding carboxylic acids is 1. The molecule has 0 aromatic heterocycles. The maximum atomic E-state index is 11.0. The number of carboxylic acids is 1. The van der Waals surface area contributed by atoms with Crippen LogP contribution in [0.1, 0.15) is 15.9 Å². The minimum Gasteiger partial charge on any atom is -0.478 e. The Morgan fingerprint density at radius 2 is 2.13 bits per heavy atom. The number of hydrogen-bond donors (Lipinski definition) is 1. The molecule has 0 aliphatic heterocycles. The summed E-state index contributed by atoms with van der Waals surface area (Å²) in [7, 11) is 1.25. The Kier molecular flexibility index (Phi) is 3.68. The van der Waals surface area contributed by atoms with E-state index in [9.17, 15) is 9.59 Å². The van der Waals surface area contributed by atoms with Gasteiger partial charge in [-0.15, -0.1) is 0 Å². The number of hydrogen-bond acceptors (Lipinski definition) is 3. The molecule has 1 rings (SSSR count). The van der Waals surface area contributed by atoms with Crippen LogP contribution >= 0.6 is 11.6 Å². The maximum absolute atomic E-state index is 11.0. The van der Waals surface area contributed by atoms with E-state index in [1.807, 2.05) is 0 Å². The van der Waals surface area contributed by atoms with Crippen molar-refractivity contribution in [1.29, 1.82) is 0 Å². The summed E-state index contributed by atoms with van der Waals surface area (Å²) in [4.78, 5) is 21.8. The third kappa shape index (κ3) is 2.95. The van der Waals surface area contributed by atoms with Crippen LogP contribution in [0, 0.1) is 0 Å². The first-order valence-corrected chi connectivity index (χ1v) is 4.51. The predicted molar refractivity (Wildman–Crippen MR) is 54.1 cm³/mol. The van der Waals surface area contributed by atoms with Crippen molar-refractivity contribution in [2.24, 2.45) is 0 Å². The molecule has 1 N–H and O–H groups in total. The van der Waals surface area contributed by atoms with Crippen molar-refractivity contribution in [2.75, 3.05) is 7.11 Å². The zero-order valence-corrected chi connectivity index (χ0v) is 8.75. The normalized spacial score (nSPS) is 9.73. The average molecular weight is 229 g/mol. The molecule has 0 unspecified atom stereocenters. The lowest BCUT2D eigenvalue weighted by molar-refractivity contribution is -0.139. The van der Waals surface area contributed by atoms with Gasteiger partial charge in [0.05, 0.1) is 19.1 Å². The lowest BCUT2D eigenvalue weighted by Gasteiger charge is -2.04. The monoisotopic (exact) mass is 228 g/mol.